The molecular weight excluding hydrogens is 232 g/mol. The van der Waals surface area contributed by atoms with E-state index in [1.807, 2.05) is 11.8 Å². The summed E-state index contributed by atoms with van der Waals surface area (Å²) in [7, 11) is 4.31. The van der Waals surface area contributed by atoms with E-state index in [9.17, 15) is 0 Å². The smallest absolute Gasteiger partial charge is 0.0521 e. The normalized spacial score (nSPS) is 27.4. The number of hydrogen-bond donors (Lipinski definition) is 1. The van der Waals surface area contributed by atoms with Gasteiger partial charge >= 0.3 is 0 Å². The first kappa shape index (κ1) is 15.3. The first-order valence-electron chi connectivity index (χ1n) is 6.63. The van der Waals surface area contributed by atoms with Crippen LogP contribution in [0.2, 0.25) is 0 Å². The van der Waals surface area contributed by atoms with Crippen LogP contribution >= 0.6 is 11.8 Å². The molecule has 0 aromatic rings. The molecule has 0 bridgehead atoms. The summed E-state index contributed by atoms with van der Waals surface area (Å²) in [6.45, 7) is 5.29. The fourth-order valence-electron chi connectivity index (χ4n) is 2.42. The second kappa shape index (κ2) is 8.35. The van der Waals surface area contributed by atoms with Crippen LogP contribution in [0.25, 0.3) is 0 Å². The number of rotatable bonds is 7. The summed E-state index contributed by atoms with van der Waals surface area (Å²) in [6.07, 6.45) is 4.60. The maximum Gasteiger partial charge on any atom is 0.0521 e. The van der Waals surface area contributed by atoms with Gasteiger partial charge in [0, 0.05) is 31.2 Å². The van der Waals surface area contributed by atoms with Gasteiger partial charge in [-0.2, -0.15) is 11.8 Å². The number of nitrogens with one attached hydrogen (secondary N) is 1. The van der Waals surface area contributed by atoms with Crippen molar-refractivity contribution < 1.29 is 4.74 Å². The zero-order valence-corrected chi connectivity index (χ0v) is 12.6. The Labute approximate surface area is 111 Å². The molecular formula is C13H28N2OS. The van der Waals surface area contributed by atoms with Crippen LogP contribution in [0.4, 0.5) is 0 Å². The van der Waals surface area contributed by atoms with Crippen LogP contribution in [-0.4, -0.2) is 62.8 Å². The maximum atomic E-state index is 5.61. The van der Waals surface area contributed by atoms with Crippen molar-refractivity contribution in [1.29, 1.82) is 0 Å². The fourth-order valence-corrected chi connectivity index (χ4v) is 2.99. The van der Waals surface area contributed by atoms with Crippen molar-refractivity contribution in [2.75, 3.05) is 45.9 Å². The van der Waals surface area contributed by atoms with Crippen molar-refractivity contribution in [2.24, 2.45) is 5.92 Å². The number of thioether (sulfide) groups is 1. The first-order valence-corrected chi connectivity index (χ1v) is 8.02. The van der Waals surface area contributed by atoms with Gasteiger partial charge in [-0.3, -0.25) is 0 Å². The van der Waals surface area contributed by atoms with Crippen molar-refractivity contribution in [3.8, 4) is 0 Å². The molecule has 1 N–H and O–H groups in total. The van der Waals surface area contributed by atoms with Crippen molar-refractivity contribution in [1.82, 2.24) is 10.2 Å². The van der Waals surface area contributed by atoms with Crippen LogP contribution in [-0.2, 0) is 4.74 Å². The SMILES string of the molecule is CNC1CCOCC1CN(C)C(C)CCSC. The van der Waals surface area contributed by atoms with Crippen LogP contribution in [0.3, 0.4) is 0 Å². The van der Waals surface area contributed by atoms with Gasteiger partial charge in [-0.05, 0) is 45.9 Å². The van der Waals surface area contributed by atoms with E-state index in [0.29, 0.717) is 18.0 Å². The van der Waals surface area contributed by atoms with Crippen LogP contribution in [0.5, 0.6) is 0 Å². The molecule has 0 spiro atoms. The van der Waals surface area contributed by atoms with Gasteiger partial charge < -0.3 is 15.0 Å². The highest BCUT2D eigenvalue weighted by Gasteiger charge is 2.26. The third-order valence-electron chi connectivity index (χ3n) is 3.86. The van der Waals surface area contributed by atoms with E-state index < -0.39 is 0 Å². The van der Waals surface area contributed by atoms with Gasteiger partial charge in [0.2, 0.25) is 0 Å². The van der Waals surface area contributed by atoms with Gasteiger partial charge in [0.25, 0.3) is 0 Å². The fraction of sp³-hybridized carbons (Fsp3) is 1.00. The third kappa shape index (κ3) is 5.16. The minimum atomic E-state index is 0.624. The minimum absolute atomic E-state index is 0.624. The minimum Gasteiger partial charge on any atom is -0.381 e. The zero-order valence-electron chi connectivity index (χ0n) is 11.7. The van der Waals surface area contributed by atoms with Gasteiger partial charge in [-0.1, -0.05) is 0 Å². The monoisotopic (exact) mass is 260 g/mol. The molecule has 0 radical (unpaired) electrons. The molecule has 0 aliphatic carbocycles. The van der Waals surface area contributed by atoms with Crippen molar-refractivity contribution in [3.05, 3.63) is 0 Å². The lowest BCUT2D eigenvalue weighted by atomic mass is 9.95. The summed E-state index contributed by atoms with van der Waals surface area (Å²) in [6, 6.07) is 1.29. The van der Waals surface area contributed by atoms with Crippen LogP contribution < -0.4 is 5.32 Å². The van der Waals surface area contributed by atoms with Crippen LogP contribution in [0.1, 0.15) is 19.8 Å². The molecule has 0 amide bonds. The molecule has 17 heavy (non-hydrogen) atoms. The number of ether oxygens (including phenoxy) is 1. The molecule has 3 nitrogen and oxygen atoms in total. The van der Waals surface area contributed by atoms with E-state index in [-0.39, 0.29) is 0 Å². The Balaban J connectivity index is 2.34. The summed E-state index contributed by atoms with van der Waals surface area (Å²) >= 11 is 1.93. The second-order valence-electron chi connectivity index (χ2n) is 5.09. The molecule has 0 aromatic carbocycles. The van der Waals surface area contributed by atoms with Crippen LogP contribution in [0, 0.1) is 5.92 Å². The lowest BCUT2D eigenvalue weighted by Gasteiger charge is -2.36. The van der Waals surface area contributed by atoms with Gasteiger partial charge in [-0.25, -0.2) is 0 Å². The highest BCUT2D eigenvalue weighted by molar-refractivity contribution is 7.98. The van der Waals surface area contributed by atoms with Crippen molar-refractivity contribution in [3.63, 3.8) is 0 Å². The average molecular weight is 260 g/mol. The average Bonchev–Trinajstić information content (AvgIpc) is 2.36. The van der Waals surface area contributed by atoms with E-state index in [0.717, 1.165) is 26.2 Å². The number of hydrogen-bond acceptors (Lipinski definition) is 4. The van der Waals surface area contributed by atoms with Crippen molar-refractivity contribution >= 4 is 11.8 Å². The van der Waals surface area contributed by atoms with Crippen LogP contribution in [0.15, 0.2) is 0 Å². The molecule has 0 saturated carbocycles. The number of nitrogens with zero attached hydrogens (tertiary/aromatic N) is 1. The topological polar surface area (TPSA) is 24.5 Å². The third-order valence-corrected chi connectivity index (χ3v) is 4.50. The highest BCUT2D eigenvalue weighted by Crippen LogP contribution is 2.17. The van der Waals surface area contributed by atoms with Gasteiger partial charge in [-0.15, -0.1) is 0 Å². The highest BCUT2D eigenvalue weighted by atomic mass is 32.2. The Kier molecular flexibility index (Phi) is 7.51. The molecule has 102 valence electrons. The summed E-state index contributed by atoms with van der Waals surface area (Å²) < 4.78 is 5.61. The zero-order chi connectivity index (χ0) is 12.7. The predicted octanol–water partition coefficient (Wildman–Crippen LogP) is 1.68. The Morgan fingerprint density at radius 2 is 2.29 bits per heavy atom. The summed E-state index contributed by atoms with van der Waals surface area (Å²) in [5.74, 6) is 1.89. The molecule has 4 heteroatoms. The molecule has 1 heterocycles. The Morgan fingerprint density at radius 3 is 2.94 bits per heavy atom. The van der Waals surface area contributed by atoms with E-state index in [1.54, 1.807) is 0 Å². The van der Waals surface area contributed by atoms with E-state index in [2.05, 4.69) is 37.5 Å². The molecule has 1 aliphatic heterocycles. The molecule has 3 unspecified atom stereocenters. The lowest BCUT2D eigenvalue weighted by Crippen LogP contribution is -2.47. The molecule has 1 rings (SSSR count). The molecule has 1 saturated heterocycles. The largest absolute Gasteiger partial charge is 0.381 e. The predicted molar refractivity (Wildman–Crippen MR) is 76.9 cm³/mol. The van der Waals surface area contributed by atoms with Gasteiger partial charge in [0.15, 0.2) is 0 Å². The molecule has 0 aromatic heterocycles. The molecule has 1 fully saturated rings. The van der Waals surface area contributed by atoms with Crippen molar-refractivity contribution in [2.45, 2.75) is 31.8 Å². The Morgan fingerprint density at radius 1 is 1.53 bits per heavy atom. The van der Waals surface area contributed by atoms with E-state index in [1.165, 1.54) is 12.2 Å². The van der Waals surface area contributed by atoms with E-state index >= 15 is 0 Å². The summed E-state index contributed by atoms with van der Waals surface area (Å²) in [5, 5.41) is 3.43. The van der Waals surface area contributed by atoms with Gasteiger partial charge in [0.05, 0.1) is 6.61 Å². The standard InChI is InChI=1S/C13H28N2OS/c1-11(6-8-17-4)15(3)9-12-10-16-7-5-13(12)14-2/h11-14H,5-10H2,1-4H3. The second-order valence-corrected chi connectivity index (χ2v) is 6.07. The first-order chi connectivity index (χ1) is 8.19. The molecule has 1 aliphatic rings. The Bertz CT molecular complexity index is 204. The molecule has 3 atom stereocenters. The van der Waals surface area contributed by atoms with E-state index in [4.69, 9.17) is 4.74 Å². The Hall–Kier alpha value is 0.230. The summed E-state index contributed by atoms with van der Waals surface area (Å²) in [5.41, 5.74) is 0. The quantitative estimate of drug-likeness (QED) is 0.753. The maximum absolute atomic E-state index is 5.61. The lowest BCUT2D eigenvalue weighted by molar-refractivity contribution is 0.0172. The summed E-state index contributed by atoms with van der Waals surface area (Å²) in [4.78, 5) is 2.49. The van der Waals surface area contributed by atoms with Gasteiger partial charge in [0.1, 0.15) is 0 Å².